The summed E-state index contributed by atoms with van der Waals surface area (Å²) >= 11 is 9.26. The molecule has 0 aliphatic heterocycles. The maximum absolute atomic E-state index is 12.4. The Balaban J connectivity index is 1.80. The number of benzene rings is 1. The molecule has 0 radical (unpaired) electrons. The number of fused-ring (bicyclic) bond motifs is 2. The van der Waals surface area contributed by atoms with E-state index in [1.165, 1.54) is 0 Å². The molecule has 2 aliphatic rings. The molecule has 0 saturated heterocycles. The molecule has 110 valence electrons. The molecule has 4 atom stereocenters. The van der Waals surface area contributed by atoms with Crippen molar-refractivity contribution in [1.82, 2.24) is 0 Å². The Kier molecular flexibility index (Phi) is 3.80. The zero-order valence-electron chi connectivity index (χ0n) is 10.9. The average Bonchev–Trinajstić information content (AvgIpc) is 3.03. The SMILES string of the molecule is O=C([O-])[C@@H]1[C@@H](C(=O)Nc2ccc(Br)c(Cl)c2)[C@H]2C=C[C@H]1C2. The molecule has 6 heteroatoms. The highest BCUT2D eigenvalue weighted by Crippen LogP contribution is 2.48. The summed E-state index contributed by atoms with van der Waals surface area (Å²) in [6, 6.07) is 5.07. The van der Waals surface area contributed by atoms with Gasteiger partial charge in [-0.3, -0.25) is 4.79 Å². The highest BCUT2D eigenvalue weighted by molar-refractivity contribution is 9.10. The summed E-state index contributed by atoms with van der Waals surface area (Å²) in [7, 11) is 0. The number of carbonyl (C=O) groups is 2. The minimum absolute atomic E-state index is 0.0242. The lowest BCUT2D eigenvalue weighted by atomic mass is 9.82. The molecule has 2 aliphatic carbocycles. The lowest BCUT2D eigenvalue weighted by Gasteiger charge is -2.27. The number of allylic oxidation sites excluding steroid dienone is 2. The Labute approximate surface area is 135 Å². The van der Waals surface area contributed by atoms with Crippen LogP contribution in [0.5, 0.6) is 0 Å². The van der Waals surface area contributed by atoms with Gasteiger partial charge in [0.25, 0.3) is 0 Å². The molecule has 0 spiro atoms. The van der Waals surface area contributed by atoms with Crippen molar-refractivity contribution in [3.63, 3.8) is 0 Å². The maximum Gasteiger partial charge on any atom is 0.228 e. The van der Waals surface area contributed by atoms with E-state index in [9.17, 15) is 14.7 Å². The zero-order valence-corrected chi connectivity index (χ0v) is 13.2. The maximum atomic E-state index is 12.4. The van der Waals surface area contributed by atoms with Crippen molar-refractivity contribution in [3.05, 3.63) is 39.8 Å². The molecular weight excluding hydrogens is 358 g/mol. The molecule has 21 heavy (non-hydrogen) atoms. The number of nitrogens with one attached hydrogen (secondary N) is 1. The van der Waals surface area contributed by atoms with E-state index in [0.717, 1.165) is 4.47 Å². The van der Waals surface area contributed by atoms with Crippen LogP contribution in [0.3, 0.4) is 0 Å². The number of hydrogen-bond donors (Lipinski definition) is 1. The molecule has 3 rings (SSSR count). The van der Waals surface area contributed by atoms with Gasteiger partial charge in [-0.05, 0) is 52.4 Å². The van der Waals surface area contributed by atoms with Crippen molar-refractivity contribution in [1.29, 1.82) is 0 Å². The van der Waals surface area contributed by atoms with Crippen molar-refractivity contribution in [2.24, 2.45) is 23.7 Å². The third-order valence-corrected chi connectivity index (χ3v) is 5.45. The topological polar surface area (TPSA) is 69.2 Å². The summed E-state index contributed by atoms with van der Waals surface area (Å²) in [5.74, 6) is -2.88. The number of anilines is 1. The van der Waals surface area contributed by atoms with E-state index in [2.05, 4.69) is 21.2 Å². The van der Waals surface area contributed by atoms with Gasteiger partial charge < -0.3 is 15.2 Å². The Bertz CT molecular complexity index is 646. The summed E-state index contributed by atoms with van der Waals surface area (Å²) in [5.41, 5.74) is 0.553. The lowest BCUT2D eigenvalue weighted by Crippen LogP contribution is -2.42. The Morgan fingerprint density at radius 2 is 1.90 bits per heavy atom. The van der Waals surface area contributed by atoms with Crippen LogP contribution in [0.1, 0.15) is 6.42 Å². The summed E-state index contributed by atoms with van der Waals surface area (Å²) < 4.78 is 0.734. The molecule has 1 aromatic rings. The van der Waals surface area contributed by atoms with Crippen molar-refractivity contribution < 1.29 is 14.7 Å². The van der Waals surface area contributed by atoms with Crippen LogP contribution in [0.2, 0.25) is 5.02 Å². The lowest BCUT2D eigenvalue weighted by molar-refractivity contribution is -0.313. The molecule has 0 aromatic heterocycles. The molecule has 1 N–H and O–H groups in total. The molecule has 0 heterocycles. The highest BCUT2D eigenvalue weighted by atomic mass is 79.9. The predicted molar refractivity (Wildman–Crippen MR) is 80.5 cm³/mol. The van der Waals surface area contributed by atoms with Crippen molar-refractivity contribution in [2.45, 2.75) is 6.42 Å². The van der Waals surface area contributed by atoms with Gasteiger partial charge in [0.1, 0.15) is 0 Å². The van der Waals surface area contributed by atoms with Gasteiger partial charge in [-0.25, -0.2) is 0 Å². The van der Waals surface area contributed by atoms with E-state index in [0.29, 0.717) is 17.1 Å². The van der Waals surface area contributed by atoms with Gasteiger partial charge in [-0.2, -0.15) is 0 Å². The number of rotatable bonds is 3. The van der Waals surface area contributed by atoms with E-state index in [4.69, 9.17) is 11.6 Å². The second kappa shape index (κ2) is 5.46. The first-order valence-corrected chi connectivity index (χ1v) is 7.79. The molecule has 1 fully saturated rings. The molecule has 4 nitrogen and oxygen atoms in total. The van der Waals surface area contributed by atoms with Gasteiger partial charge in [0.15, 0.2) is 0 Å². The zero-order chi connectivity index (χ0) is 15.1. The average molecular weight is 370 g/mol. The fraction of sp³-hybridized carbons (Fsp3) is 0.333. The Hall–Kier alpha value is -1.33. The number of aliphatic carboxylic acids is 1. The second-order valence-electron chi connectivity index (χ2n) is 5.44. The molecule has 2 bridgehead atoms. The van der Waals surface area contributed by atoms with Crippen LogP contribution in [0.4, 0.5) is 5.69 Å². The smallest absolute Gasteiger partial charge is 0.228 e. The monoisotopic (exact) mass is 368 g/mol. The van der Waals surface area contributed by atoms with Crippen LogP contribution < -0.4 is 10.4 Å². The van der Waals surface area contributed by atoms with Crippen LogP contribution in [0, 0.1) is 23.7 Å². The number of carboxylic acid groups (broad SMARTS) is 1. The first kappa shape index (κ1) is 14.6. The first-order chi connectivity index (χ1) is 9.97. The normalized spacial score (nSPS) is 29.6. The van der Waals surface area contributed by atoms with Gasteiger partial charge in [0.05, 0.1) is 10.9 Å². The third-order valence-electron chi connectivity index (χ3n) is 4.22. The van der Waals surface area contributed by atoms with Gasteiger partial charge in [0.2, 0.25) is 5.91 Å². The summed E-state index contributed by atoms with van der Waals surface area (Å²) in [4.78, 5) is 23.7. The van der Waals surface area contributed by atoms with E-state index in [1.54, 1.807) is 18.2 Å². The molecule has 1 saturated carbocycles. The predicted octanol–water partition coefficient (Wildman–Crippen LogP) is 2.23. The van der Waals surface area contributed by atoms with Gasteiger partial charge >= 0.3 is 0 Å². The number of carboxylic acids is 1. The van der Waals surface area contributed by atoms with Crippen LogP contribution in [0.25, 0.3) is 0 Å². The van der Waals surface area contributed by atoms with Gasteiger partial charge in [-0.15, -0.1) is 0 Å². The number of carbonyl (C=O) groups excluding carboxylic acids is 2. The van der Waals surface area contributed by atoms with Crippen LogP contribution in [-0.2, 0) is 9.59 Å². The Morgan fingerprint density at radius 3 is 2.52 bits per heavy atom. The van der Waals surface area contributed by atoms with Gasteiger partial charge in [-0.1, -0.05) is 23.8 Å². The molecule has 1 aromatic carbocycles. The number of amides is 1. The van der Waals surface area contributed by atoms with Crippen molar-refractivity contribution >= 4 is 45.1 Å². The third kappa shape index (κ3) is 2.60. The van der Waals surface area contributed by atoms with Crippen molar-refractivity contribution in [2.75, 3.05) is 5.32 Å². The quantitative estimate of drug-likeness (QED) is 0.831. The minimum atomic E-state index is -1.15. The summed E-state index contributed by atoms with van der Waals surface area (Å²) in [6.07, 6.45) is 4.52. The van der Waals surface area contributed by atoms with Gasteiger partial charge in [0, 0.05) is 22.0 Å². The summed E-state index contributed by atoms with van der Waals surface area (Å²) in [5, 5.41) is 14.5. The number of halogens is 2. The summed E-state index contributed by atoms with van der Waals surface area (Å²) in [6.45, 7) is 0. The fourth-order valence-electron chi connectivity index (χ4n) is 3.30. The standard InChI is InChI=1S/C15H13BrClNO3/c16-10-4-3-9(6-11(10)17)18-14(19)12-7-1-2-8(5-7)13(12)15(20)21/h1-4,6-8,12-13H,5H2,(H,18,19)(H,20,21)/p-1/t7-,8-,12-,13-/m0/s1. The van der Waals surface area contributed by atoms with E-state index in [1.807, 2.05) is 12.2 Å². The van der Waals surface area contributed by atoms with E-state index >= 15 is 0 Å². The molecule has 0 unspecified atom stereocenters. The van der Waals surface area contributed by atoms with Crippen LogP contribution in [-0.4, -0.2) is 11.9 Å². The number of hydrogen-bond acceptors (Lipinski definition) is 3. The second-order valence-corrected chi connectivity index (χ2v) is 6.70. The fourth-order valence-corrected chi connectivity index (χ4v) is 3.73. The van der Waals surface area contributed by atoms with Crippen LogP contribution in [0.15, 0.2) is 34.8 Å². The largest absolute Gasteiger partial charge is 0.550 e. The van der Waals surface area contributed by atoms with Crippen molar-refractivity contribution in [3.8, 4) is 0 Å². The molecular formula is C15H12BrClNO3-. The Morgan fingerprint density at radius 1 is 1.24 bits per heavy atom. The van der Waals surface area contributed by atoms with E-state index in [-0.39, 0.29) is 17.7 Å². The van der Waals surface area contributed by atoms with E-state index < -0.39 is 17.8 Å². The minimum Gasteiger partial charge on any atom is -0.550 e. The highest BCUT2D eigenvalue weighted by Gasteiger charge is 2.48. The first-order valence-electron chi connectivity index (χ1n) is 6.62. The van der Waals surface area contributed by atoms with Crippen LogP contribution >= 0.6 is 27.5 Å². The molecule has 1 amide bonds.